The van der Waals surface area contributed by atoms with E-state index in [1.807, 2.05) is 0 Å². The highest BCUT2D eigenvalue weighted by atomic mass is 32.2. The van der Waals surface area contributed by atoms with Crippen molar-refractivity contribution in [2.24, 2.45) is 11.8 Å². The molecule has 6 heteroatoms. The fraction of sp³-hybridized carbons (Fsp3) is 1.00. The minimum Gasteiger partial charge on any atom is -0.317 e. The van der Waals surface area contributed by atoms with Crippen LogP contribution in [-0.2, 0) is 10.2 Å². The molecular formula is C14H29N3O2S. The van der Waals surface area contributed by atoms with E-state index < -0.39 is 10.2 Å². The molecule has 1 aliphatic carbocycles. The van der Waals surface area contributed by atoms with Crippen LogP contribution in [0.4, 0.5) is 0 Å². The van der Waals surface area contributed by atoms with Gasteiger partial charge in [-0.2, -0.15) is 17.4 Å². The summed E-state index contributed by atoms with van der Waals surface area (Å²) in [5.74, 6) is 1.09. The summed E-state index contributed by atoms with van der Waals surface area (Å²) >= 11 is 0. The van der Waals surface area contributed by atoms with Gasteiger partial charge in [-0.25, -0.2) is 0 Å². The smallest absolute Gasteiger partial charge is 0.279 e. The number of rotatable bonds is 6. The summed E-state index contributed by atoms with van der Waals surface area (Å²) in [4.78, 5) is 0. The first-order chi connectivity index (χ1) is 9.53. The molecule has 0 spiro atoms. The van der Waals surface area contributed by atoms with Crippen molar-refractivity contribution in [1.82, 2.24) is 14.3 Å². The number of hydrogen-bond donors (Lipinski definition) is 2. The first-order valence-electron chi connectivity index (χ1n) is 8.01. The Hall–Kier alpha value is -0.170. The molecule has 118 valence electrons. The average molecular weight is 303 g/mol. The van der Waals surface area contributed by atoms with E-state index in [1.54, 1.807) is 4.31 Å². The molecular weight excluding hydrogens is 274 g/mol. The quantitative estimate of drug-likeness (QED) is 0.778. The summed E-state index contributed by atoms with van der Waals surface area (Å²) in [6, 6.07) is 0.138. The molecule has 2 fully saturated rings. The number of nitrogens with one attached hydrogen (secondary N) is 2. The lowest BCUT2D eigenvalue weighted by Gasteiger charge is -2.32. The molecule has 0 aromatic heterocycles. The maximum atomic E-state index is 12.4. The van der Waals surface area contributed by atoms with E-state index in [0.29, 0.717) is 24.9 Å². The van der Waals surface area contributed by atoms with Crippen molar-refractivity contribution < 1.29 is 8.42 Å². The van der Waals surface area contributed by atoms with Crippen LogP contribution in [0.2, 0.25) is 0 Å². The van der Waals surface area contributed by atoms with Crippen molar-refractivity contribution >= 4 is 10.2 Å². The predicted octanol–water partition coefficient (Wildman–Crippen LogP) is 1.33. The van der Waals surface area contributed by atoms with Crippen LogP contribution in [0.25, 0.3) is 0 Å². The third kappa shape index (κ3) is 4.16. The van der Waals surface area contributed by atoms with Gasteiger partial charge < -0.3 is 5.32 Å². The van der Waals surface area contributed by atoms with E-state index in [-0.39, 0.29) is 6.04 Å². The summed E-state index contributed by atoms with van der Waals surface area (Å²) in [5.41, 5.74) is 0. The molecule has 0 amide bonds. The second-order valence-corrected chi connectivity index (χ2v) is 7.99. The van der Waals surface area contributed by atoms with Crippen molar-refractivity contribution in [3.05, 3.63) is 0 Å². The van der Waals surface area contributed by atoms with E-state index in [2.05, 4.69) is 23.9 Å². The molecule has 0 bridgehead atoms. The Kier molecular flexibility index (Phi) is 5.84. The Morgan fingerprint density at radius 1 is 1.15 bits per heavy atom. The van der Waals surface area contributed by atoms with Crippen LogP contribution in [0.5, 0.6) is 0 Å². The average Bonchev–Trinajstić information content (AvgIpc) is 2.82. The molecule has 0 radical (unpaired) electrons. The third-order valence-electron chi connectivity index (χ3n) is 4.76. The standard InChI is InChI=1S/C14H29N3O2S/c1-3-15-11-13-7-9-17(10-8-13)20(18,19)16-14-6-4-5-12(14)2/h12-16H,3-11H2,1-2H3. The van der Waals surface area contributed by atoms with Crippen molar-refractivity contribution in [2.45, 2.75) is 52.0 Å². The number of nitrogens with zero attached hydrogens (tertiary/aromatic N) is 1. The van der Waals surface area contributed by atoms with Crippen LogP contribution in [0.3, 0.4) is 0 Å². The molecule has 2 N–H and O–H groups in total. The van der Waals surface area contributed by atoms with Crippen LogP contribution in [0, 0.1) is 11.8 Å². The van der Waals surface area contributed by atoms with Gasteiger partial charge in [-0.3, -0.25) is 0 Å². The maximum absolute atomic E-state index is 12.4. The third-order valence-corrected chi connectivity index (χ3v) is 6.40. The lowest BCUT2D eigenvalue weighted by atomic mass is 9.98. The molecule has 1 aliphatic heterocycles. The SMILES string of the molecule is CCNCC1CCN(S(=O)(=O)NC2CCCC2C)CC1. The molecule has 2 unspecified atom stereocenters. The minimum atomic E-state index is -3.28. The molecule has 2 rings (SSSR count). The van der Waals surface area contributed by atoms with E-state index in [9.17, 15) is 8.42 Å². The first-order valence-corrected chi connectivity index (χ1v) is 9.45. The largest absolute Gasteiger partial charge is 0.317 e. The van der Waals surface area contributed by atoms with Gasteiger partial charge in [-0.15, -0.1) is 0 Å². The van der Waals surface area contributed by atoms with Crippen LogP contribution in [0.1, 0.15) is 46.0 Å². The molecule has 20 heavy (non-hydrogen) atoms. The van der Waals surface area contributed by atoms with Gasteiger partial charge in [0.25, 0.3) is 10.2 Å². The van der Waals surface area contributed by atoms with Gasteiger partial charge in [-0.1, -0.05) is 20.3 Å². The molecule has 2 atom stereocenters. The second kappa shape index (κ2) is 7.20. The molecule has 1 heterocycles. The molecule has 2 aliphatic rings. The van der Waals surface area contributed by atoms with Crippen LogP contribution in [0.15, 0.2) is 0 Å². The summed E-state index contributed by atoms with van der Waals surface area (Å²) < 4.78 is 29.4. The molecule has 1 saturated heterocycles. The Labute approximate surface area is 123 Å². The molecule has 0 aromatic rings. The van der Waals surface area contributed by atoms with Crippen molar-refractivity contribution in [1.29, 1.82) is 0 Å². The lowest BCUT2D eigenvalue weighted by Crippen LogP contribution is -2.49. The summed E-state index contributed by atoms with van der Waals surface area (Å²) in [6.07, 6.45) is 5.19. The van der Waals surface area contributed by atoms with Crippen molar-refractivity contribution in [2.75, 3.05) is 26.2 Å². The monoisotopic (exact) mass is 303 g/mol. The maximum Gasteiger partial charge on any atom is 0.279 e. The van der Waals surface area contributed by atoms with Crippen molar-refractivity contribution in [3.63, 3.8) is 0 Å². The summed E-state index contributed by atoms with van der Waals surface area (Å²) in [7, 11) is -3.28. The molecule has 1 saturated carbocycles. The normalized spacial score (nSPS) is 29.9. The van der Waals surface area contributed by atoms with E-state index in [4.69, 9.17) is 0 Å². The Bertz CT molecular complexity index is 391. The first kappa shape index (κ1) is 16.2. The van der Waals surface area contributed by atoms with Gasteiger partial charge >= 0.3 is 0 Å². The predicted molar refractivity (Wildman–Crippen MR) is 81.7 cm³/mol. The van der Waals surface area contributed by atoms with Crippen molar-refractivity contribution in [3.8, 4) is 0 Å². The van der Waals surface area contributed by atoms with Crippen LogP contribution in [-0.4, -0.2) is 44.9 Å². The Balaban J connectivity index is 1.82. The highest BCUT2D eigenvalue weighted by Gasteiger charge is 2.32. The zero-order valence-electron chi connectivity index (χ0n) is 12.8. The van der Waals surface area contributed by atoms with Gasteiger partial charge in [0.2, 0.25) is 0 Å². The zero-order valence-corrected chi connectivity index (χ0v) is 13.6. The highest BCUT2D eigenvalue weighted by molar-refractivity contribution is 7.87. The fourth-order valence-electron chi connectivity index (χ4n) is 3.29. The van der Waals surface area contributed by atoms with Crippen LogP contribution < -0.4 is 10.0 Å². The number of piperidine rings is 1. The lowest BCUT2D eigenvalue weighted by molar-refractivity contribution is 0.263. The Morgan fingerprint density at radius 3 is 2.40 bits per heavy atom. The van der Waals surface area contributed by atoms with Gasteiger partial charge in [0, 0.05) is 19.1 Å². The Morgan fingerprint density at radius 2 is 1.85 bits per heavy atom. The van der Waals surface area contributed by atoms with E-state index >= 15 is 0 Å². The summed E-state index contributed by atoms with van der Waals surface area (Å²) in [5, 5.41) is 3.35. The highest BCUT2D eigenvalue weighted by Crippen LogP contribution is 2.26. The van der Waals surface area contributed by atoms with Gasteiger partial charge in [0.15, 0.2) is 0 Å². The van der Waals surface area contributed by atoms with Gasteiger partial charge in [0.1, 0.15) is 0 Å². The van der Waals surface area contributed by atoms with E-state index in [1.165, 1.54) is 0 Å². The van der Waals surface area contributed by atoms with Crippen LogP contribution >= 0.6 is 0 Å². The zero-order chi connectivity index (χ0) is 14.6. The van der Waals surface area contributed by atoms with E-state index in [0.717, 1.165) is 45.2 Å². The topological polar surface area (TPSA) is 61.4 Å². The minimum absolute atomic E-state index is 0.138. The molecule has 0 aromatic carbocycles. The number of hydrogen-bond acceptors (Lipinski definition) is 3. The van der Waals surface area contributed by atoms with Gasteiger partial charge in [0.05, 0.1) is 0 Å². The second-order valence-electron chi connectivity index (χ2n) is 6.29. The summed E-state index contributed by atoms with van der Waals surface area (Å²) in [6.45, 7) is 7.56. The molecule has 5 nitrogen and oxygen atoms in total. The fourth-order valence-corrected chi connectivity index (χ4v) is 4.86. The van der Waals surface area contributed by atoms with Gasteiger partial charge in [-0.05, 0) is 50.6 Å².